The number of rotatable bonds is 5. The number of hydrogen-bond donors (Lipinski definition) is 1. The summed E-state index contributed by atoms with van der Waals surface area (Å²) in [6.07, 6.45) is 0. The van der Waals surface area contributed by atoms with Crippen LogP contribution in [0.15, 0.2) is 47.6 Å². The Kier molecular flexibility index (Phi) is 5.29. The van der Waals surface area contributed by atoms with Crippen LogP contribution in [0.5, 0.6) is 11.5 Å². The lowest BCUT2D eigenvalue weighted by Gasteiger charge is -2.08. The maximum atomic E-state index is 11.0. The minimum Gasteiger partial charge on any atom is -0.457 e. The number of nitrogens with zero attached hydrogens (tertiary/aromatic N) is 4. The van der Waals surface area contributed by atoms with Gasteiger partial charge in [-0.2, -0.15) is 15.6 Å². The smallest absolute Gasteiger partial charge is 0.275 e. The molecule has 0 aliphatic rings. The van der Waals surface area contributed by atoms with Crippen molar-refractivity contribution in [3.05, 3.63) is 57.6 Å². The maximum Gasteiger partial charge on any atom is 0.275 e. The van der Waals surface area contributed by atoms with E-state index in [9.17, 15) is 10.1 Å². The number of nitrogens with one attached hydrogen (secondary N) is 1. The molecule has 0 fully saturated rings. The van der Waals surface area contributed by atoms with Crippen LogP contribution in [0.1, 0.15) is 0 Å². The summed E-state index contributed by atoms with van der Waals surface area (Å²) in [5.74, 6) is 0.615. The van der Waals surface area contributed by atoms with E-state index in [2.05, 4.69) is 10.5 Å². The van der Waals surface area contributed by atoms with Gasteiger partial charge in [-0.25, -0.2) is 0 Å². The molecule has 0 bridgehead atoms. The molecule has 0 atom stereocenters. The fraction of sp³-hybridized carbons (Fsp3) is 0. The van der Waals surface area contributed by atoms with Crippen LogP contribution in [-0.4, -0.2) is 10.6 Å². The number of halogens is 1. The number of benzene rings is 2. The summed E-state index contributed by atoms with van der Waals surface area (Å²) in [5, 5.41) is 32.3. The Balaban J connectivity index is 2.32. The molecular weight excluding hydrogens is 334 g/mol. The van der Waals surface area contributed by atoms with Gasteiger partial charge < -0.3 is 4.74 Å². The lowest BCUT2D eigenvalue weighted by atomic mass is 10.2. The van der Waals surface area contributed by atoms with Gasteiger partial charge in [-0.15, -0.1) is 0 Å². The number of ether oxygens (including phenoxy) is 1. The molecule has 0 spiro atoms. The van der Waals surface area contributed by atoms with Gasteiger partial charge in [-0.1, -0.05) is 11.6 Å². The van der Waals surface area contributed by atoms with Crippen LogP contribution in [-0.2, 0) is 0 Å². The lowest BCUT2D eigenvalue weighted by Crippen LogP contribution is -1.98. The van der Waals surface area contributed by atoms with Crippen molar-refractivity contribution >= 4 is 28.7 Å². The second-order valence-corrected chi connectivity index (χ2v) is 4.76. The Morgan fingerprint density at radius 3 is 2.42 bits per heavy atom. The molecule has 1 N–H and O–H groups in total. The Labute approximate surface area is 141 Å². The zero-order valence-electron chi connectivity index (χ0n) is 11.9. The number of nitriles is 2. The molecule has 0 unspecified atom stereocenters. The van der Waals surface area contributed by atoms with E-state index in [0.29, 0.717) is 10.8 Å². The van der Waals surface area contributed by atoms with Crippen molar-refractivity contribution < 1.29 is 9.66 Å². The summed E-state index contributed by atoms with van der Waals surface area (Å²) < 4.78 is 5.54. The van der Waals surface area contributed by atoms with Crippen molar-refractivity contribution in [2.24, 2.45) is 5.10 Å². The van der Waals surface area contributed by atoms with Crippen molar-refractivity contribution in [2.75, 3.05) is 5.43 Å². The maximum absolute atomic E-state index is 11.0. The van der Waals surface area contributed by atoms with Crippen LogP contribution in [0.25, 0.3) is 0 Å². The summed E-state index contributed by atoms with van der Waals surface area (Å²) in [5.41, 5.74) is 1.95. The third-order valence-corrected chi connectivity index (χ3v) is 2.91. The van der Waals surface area contributed by atoms with E-state index in [1.54, 1.807) is 36.4 Å². The summed E-state index contributed by atoms with van der Waals surface area (Å²) in [7, 11) is 0. The average Bonchev–Trinajstić information content (AvgIpc) is 2.57. The lowest BCUT2D eigenvalue weighted by molar-refractivity contribution is -0.384. The van der Waals surface area contributed by atoms with Gasteiger partial charge in [-0.05, 0) is 24.3 Å². The summed E-state index contributed by atoms with van der Waals surface area (Å²) >= 11 is 5.78. The van der Waals surface area contributed by atoms with Gasteiger partial charge in [0.15, 0.2) is 0 Å². The van der Waals surface area contributed by atoms with Crippen LogP contribution in [0, 0.1) is 32.8 Å². The first-order chi connectivity index (χ1) is 11.5. The van der Waals surface area contributed by atoms with Gasteiger partial charge in [0.05, 0.1) is 16.7 Å². The van der Waals surface area contributed by atoms with E-state index in [0.717, 1.165) is 0 Å². The van der Waals surface area contributed by atoms with Crippen molar-refractivity contribution in [1.82, 2.24) is 0 Å². The molecule has 0 saturated heterocycles. The molecule has 9 heteroatoms. The predicted octanol–water partition coefficient (Wildman–Crippen LogP) is 3.86. The van der Waals surface area contributed by atoms with E-state index in [1.165, 1.54) is 18.2 Å². The topological polar surface area (TPSA) is 124 Å². The Morgan fingerprint density at radius 2 is 1.83 bits per heavy atom. The van der Waals surface area contributed by atoms with E-state index in [-0.39, 0.29) is 17.1 Å². The van der Waals surface area contributed by atoms with E-state index < -0.39 is 10.6 Å². The third-order valence-electron chi connectivity index (χ3n) is 2.66. The molecule has 0 amide bonds. The molecule has 0 heterocycles. The van der Waals surface area contributed by atoms with Gasteiger partial charge in [0, 0.05) is 17.2 Å². The molecule has 24 heavy (non-hydrogen) atoms. The van der Waals surface area contributed by atoms with E-state index >= 15 is 0 Å². The molecule has 0 radical (unpaired) electrons. The number of hydrazone groups is 1. The third kappa shape index (κ3) is 4.44. The average molecular weight is 342 g/mol. The second-order valence-electron chi connectivity index (χ2n) is 4.32. The Bertz CT molecular complexity index is 865. The highest BCUT2D eigenvalue weighted by Gasteiger charge is 2.11. The van der Waals surface area contributed by atoms with Gasteiger partial charge in [-0.3, -0.25) is 15.5 Å². The first kappa shape index (κ1) is 16.7. The fourth-order valence-corrected chi connectivity index (χ4v) is 1.77. The largest absolute Gasteiger partial charge is 0.457 e. The fourth-order valence-electron chi connectivity index (χ4n) is 1.65. The molecule has 2 aromatic rings. The standard InChI is InChI=1S/C15H8ClN5O3/c16-10-1-3-14(4-2-10)24-15-6-11(5-13(7-15)21(22)23)19-20-12(8-17)9-18/h1-7,19H. The zero-order chi connectivity index (χ0) is 17.5. The molecule has 2 aromatic carbocycles. The van der Waals surface area contributed by atoms with E-state index in [4.69, 9.17) is 26.9 Å². The minimum atomic E-state index is -0.598. The second kappa shape index (κ2) is 7.58. The molecule has 0 aliphatic carbocycles. The highest BCUT2D eigenvalue weighted by Crippen LogP contribution is 2.30. The predicted molar refractivity (Wildman–Crippen MR) is 86.9 cm³/mol. The van der Waals surface area contributed by atoms with Gasteiger partial charge in [0.2, 0.25) is 5.71 Å². The first-order valence-corrected chi connectivity index (χ1v) is 6.76. The number of nitro benzene ring substituents is 1. The Hall–Kier alpha value is -3.62. The number of nitro groups is 1. The molecule has 0 aliphatic heterocycles. The summed E-state index contributed by atoms with van der Waals surface area (Å²) in [6.45, 7) is 0. The zero-order valence-corrected chi connectivity index (χ0v) is 12.7. The minimum absolute atomic E-state index is 0.180. The van der Waals surface area contributed by atoms with Crippen LogP contribution in [0.4, 0.5) is 11.4 Å². The number of non-ortho nitro benzene ring substituents is 1. The molecule has 118 valence electrons. The molecule has 2 rings (SSSR count). The van der Waals surface area contributed by atoms with E-state index in [1.807, 2.05) is 0 Å². The number of anilines is 1. The normalized spacial score (nSPS) is 9.29. The highest BCUT2D eigenvalue weighted by molar-refractivity contribution is 6.30. The van der Waals surface area contributed by atoms with Crippen molar-refractivity contribution in [2.45, 2.75) is 0 Å². The number of hydrogen-bond acceptors (Lipinski definition) is 7. The SMILES string of the molecule is N#CC(C#N)=NNc1cc(Oc2ccc(Cl)cc2)cc([N+](=O)[O-])c1. The molecule has 0 saturated carbocycles. The van der Waals surface area contributed by atoms with Crippen molar-refractivity contribution in [3.8, 4) is 23.6 Å². The van der Waals surface area contributed by atoms with Crippen molar-refractivity contribution in [1.29, 1.82) is 10.5 Å². The summed E-state index contributed by atoms with van der Waals surface area (Å²) in [4.78, 5) is 10.4. The first-order valence-electron chi connectivity index (χ1n) is 6.38. The Morgan fingerprint density at radius 1 is 1.17 bits per heavy atom. The van der Waals surface area contributed by atoms with Crippen LogP contribution in [0.3, 0.4) is 0 Å². The molecular formula is C15H8ClN5O3. The monoisotopic (exact) mass is 341 g/mol. The van der Waals surface area contributed by atoms with Gasteiger partial charge in [0.25, 0.3) is 5.69 Å². The van der Waals surface area contributed by atoms with Crippen LogP contribution < -0.4 is 10.2 Å². The van der Waals surface area contributed by atoms with Gasteiger partial charge in [0.1, 0.15) is 23.6 Å². The van der Waals surface area contributed by atoms with Crippen LogP contribution in [0.2, 0.25) is 5.02 Å². The highest BCUT2D eigenvalue weighted by atomic mass is 35.5. The van der Waals surface area contributed by atoms with Crippen LogP contribution >= 0.6 is 11.6 Å². The quantitative estimate of drug-likeness (QED) is 0.500. The molecule has 0 aromatic heterocycles. The summed E-state index contributed by atoms with van der Waals surface area (Å²) in [6, 6.07) is 13.5. The van der Waals surface area contributed by atoms with Gasteiger partial charge >= 0.3 is 0 Å². The molecule has 8 nitrogen and oxygen atoms in total. The van der Waals surface area contributed by atoms with Crippen molar-refractivity contribution in [3.63, 3.8) is 0 Å².